The smallest absolute Gasteiger partial charge is 0.250 e. The molecule has 0 atom stereocenters. The number of para-hydroxylation sites is 1. The Labute approximate surface area is 131 Å². The number of anilines is 1. The molecule has 2 aliphatic rings. The van der Waals surface area contributed by atoms with Gasteiger partial charge in [-0.05, 0) is 43.2 Å². The van der Waals surface area contributed by atoms with Crippen molar-refractivity contribution in [2.24, 2.45) is 11.1 Å². The molecule has 1 aromatic carbocycles. The van der Waals surface area contributed by atoms with Gasteiger partial charge in [0.1, 0.15) is 0 Å². The molecule has 5 nitrogen and oxygen atoms in total. The number of benzene rings is 1. The number of primary amides is 1. The highest BCUT2D eigenvalue weighted by Gasteiger charge is 2.45. The average molecular weight is 322 g/mol. The van der Waals surface area contributed by atoms with Crippen LogP contribution in [0, 0.1) is 5.41 Å². The minimum atomic E-state index is -3.40. The predicted octanol–water partition coefficient (Wildman–Crippen LogP) is 1.96. The van der Waals surface area contributed by atoms with Crippen molar-refractivity contribution in [3.05, 3.63) is 23.8 Å². The lowest BCUT2D eigenvalue weighted by atomic mass is 9.93. The van der Waals surface area contributed by atoms with E-state index >= 15 is 0 Å². The first-order chi connectivity index (χ1) is 10.4. The molecule has 2 fully saturated rings. The highest BCUT2D eigenvalue weighted by Crippen LogP contribution is 2.54. The normalized spacial score (nSPS) is 20.1. The second kappa shape index (κ2) is 5.26. The Morgan fingerprint density at radius 3 is 2.36 bits per heavy atom. The van der Waals surface area contributed by atoms with Gasteiger partial charge < -0.3 is 10.6 Å². The minimum Gasteiger partial charge on any atom is -0.370 e. The second-order valence-electron chi connectivity index (χ2n) is 6.41. The number of hydrogen-bond donors (Lipinski definition) is 1. The largest absolute Gasteiger partial charge is 0.370 e. The van der Waals surface area contributed by atoms with E-state index in [2.05, 4.69) is 0 Å². The lowest BCUT2D eigenvalue weighted by molar-refractivity contribution is 0.100. The average Bonchev–Trinajstić information content (AvgIpc) is 3.26. The molecule has 1 spiro atoms. The molecular formula is C16H22N2O3S. The number of amides is 1. The van der Waals surface area contributed by atoms with Gasteiger partial charge in [-0.15, -0.1) is 0 Å². The molecule has 0 radical (unpaired) electrons. The van der Waals surface area contributed by atoms with Crippen LogP contribution in [-0.4, -0.2) is 33.2 Å². The predicted molar refractivity (Wildman–Crippen MR) is 85.8 cm³/mol. The van der Waals surface area contributed by atoms with Crippen molar-refractivity contribution >= 4 is 21.4 Å². The van der Waals surface area contributed by atoms with Crippen LogP contribution in [0.4, 0.5) is 5.69 Å². The molecule has 1 heterocycles. The first-order valence-corrected chi connectivity index (χ1v) is 9.44. The van der Waals surface area contributed by atoms with E-state index in [1.54, 1.807) is 25.1 Å². The van der Waals surface area contributed by atoms with E-state index in [-0.39, 0.29) is 10.6 Å². The van der Waals surface area contributed by atoms with Crippen LogP contribution in [0.1, 0.15) is 43.0 Å². The van der Waals surface area contributed by atoms with Crippen LogP contribution >= 0.6 is 0 Å². The van der Waals surface area contributed by atoms with Crippen LogP contribution < -0.4 is 10.6 Å². The van der Waals surface area contributed by atoms with Crippen LogP contribution in [0.25, 0.3) is 0 Å². The zero-order valence-corrected chi connectivity index (χ0v) is 13.7. The topological polar surface area (TPSA) is 80.5 Å². The van der Waals surface area contributed by atoms with Crippen molar-refractivity contribution < 1.29 is 13.2 Å². The van der Waals surface area contributed by atoms with Gasteiger partial charge in [0.15, 0.2) is 9.84 Å². The Bertz CT molecular complexity index is 698. The molecule has 22 heavy (non-hydrogen) atoms. The molecule has 6 heteroatoms. The molecule has 1 amide bonds. The summed E-state index contributed by atoms with van der Waals surface area (Å²) in [4.78, 5) is 14.0. The fourth-order valence-corrected chi connectivity index (χ4v) is 4.47. The molecule has 1 saturated heterocycles. The monoisotopic (exact) mass is 322 g/mol. The fraction of sp³-hybridized carbons (Fsp3) is 0.562. The van der Waals surface area contributed by atoms with E-state index in [9.17, 15) is 13.2 Å². The lowest BCUT2D eigenvalue weighted by Gasteiger charge is -2.35. The highest BCUT2D eigenvalue weighted by molar-refractivity contribution is 7.91. The molecule has 1 aliphatic carbocycles. The number of carbonyl (C=O) groups excluding carboxylic acids is 1. The zero-order chi connectivity index (χ0) is 16.0. The Balaban J connectivity index is 2.05. The number of nitrogens with two attached hydrogens (primary N) is 1. The molecule has 2 N–H and O–H groups in total. The minimum absolute atomic E-state index is 0.0139. The summed E-state index contributed by atoms with van der Waals surface area (Å²) < 4.78 is 24.8. The molecule has 1 aromatic rings. The van der Waals surface area contributed by atoms with Gasteiger partial charge in [-0.2, -0.15) is 0 Å². The molecule has 0 aromatic heterocycles. The summed E-state index contributed by atoms with van der Waals surface area (Å²) in [5, 5.41) is 0. The van der Waals surface area contributed by atoms with Gasteiger partial charge in [0.05, 0.1) is 21.9 Å². The Morgan fingerprint density at radius 2 is 1.86 bits per heavy atom. The number of carbonyl (C=O) groups is 1. The molecular weight excluding hydrogens is 300 g/mol. The summed E-state index contributed by atoms with van der Waals surface area (Å²) in [5.74, 6) is -0.560. The lowest BCUT2D eigenvalue weighted by Crippen LogP contribution is -2.37. The van der Waals surface area contributed by atoms with Crippen LogP contribution in [0.2, 0.25) is 0 Å². The summed E-state index contributed by atoms with van der Waals surface area (Å²) in [7, 11) is -3.40. The molecule has 0 bridgehead atoms. The van der Waals surface area contributed by atoms with E-state index in [0.717, 1.165) is 25.9 Å². The molecule has 3 rings (SSSR count). The zero-order valence-electron chi connectivity index (χ0n) is 12.8. The van der Waals surface area contributed by atoms with E-state index in [1.807, 2.05) is 4.90 Å². The molecule has 1 aliphatic heterocycles. The number of piperidine rings is 1. The van der Waals surface area contributed by atoms with Gasteiger partial charge in [0, 0.05) is 13.1 Å². The third-order valence-corrected chi connectivity index (χ3v) is 6.84. The first-order valence-electron chi connectivity index (χ1n) is 7.79. The van der Waals surface area contributed by atoms with Crippen molar-refractivity contribution in [2.45, 2.75) is 37.5 Å². The number of rotatable bonds is 4. The maximum atomic E-state index is 12.4. The van der Waals surface area contributed by atoms with Crippen molar-refractivity contribution in [2.75, 3.05) is 23.7 Å². The third kappa shape index (κ3) is 2.60. The maximum absolute atomic E-state index is 12.4. The van der Waals surface area contributed by atoms with Crippen LogP contribution in [0.3, 0.4) is 0 Å². The third-order valence-electron chi connectivity index (χ3n) is 5.08. The number of hydrogen-bond acceptors (Lipinski definition) is 4. The summed E-state index contributed by atoms with van der Waals surface area (Å²) in [6, 6.07) is 4.80. The second-order valence-corrected chi connectivity index (χ2v) is 8.65. The van der Waals surface area contributed by atoms with E-state index in [1.165, 1.54) is 12.8 Å². The Morgan fingerprint density at radius 1 is 1.23 bits per heavy atom. The van der Waals surface area contributed by atoms with Crippen LogP contribution in [0.15, 0.2) is 23.1 Å². The van der Waals surface area contributed by atoms with Gasteiger partial charge in [-0.25, -0.2) is 8.42 Å². The Hall–Kier alpha value is -1.56. The van der Waals surface area contributed by atoms with E-state index < -0.39 is 15.7 Å². The fourth-order valence-electron chi connectivity index (χ4n) is 3.34. The van der Waals surface area contributed by atoms with Crippen molar-refractivity contribution in [3.63, 3.8) is 0 Å². The summed E-state index contributed by atoms with van der Waals surface area (Å²) in [5.41, 5.74) is 6.78. The SMILES string of the molecule is CCS(=O)(=O)c1cccc(C(N)=O)c1N1CCC2(CC1)CC2. The van der Waals surface area contributed by atoms with Gasteiger partial charge in [0.25, 0.3) is 5.91 Å². The summed E-state index contributed by atoms with van der Waals surface area (Å²) >= 11 is 0. The summed E-state index contributed by atoms with van der Waals surface area (Å²) in [6.07, 6.45) is 4.67. The Kier molecular flexibility index (Phi) is 3.67. The molecule has 0 unspecified atom stereocenters. The van der Waals surface area contributed by atoms with Crippen molar-refractivity contribution in [3.8, 4) is 0 Å². The molecule has 120 valence electrons. The number of nitrogens with zero attached hydrogens (tertiary/aromatic N) is 1. The first kappa shape index (κ1) is 15.3. The maximum Gasteiger partial charge on any atom is 0.250 e. The number of sulfone groups is 1. The van der Waals surface area contributed by atoms with Gasteiger partial charge in [-0.3, -0.25) is 4.79 Å². The molecule has 1 saturated carbocycles. The van der Waals surface area contributed by atoms with E-state index in [0.29, 0.717) is 16.7 Å². The van der Waals surface area contributed by atoms with Gasteiger partial charge >= 0.3 is 0 Å². The highest BCUT2D eigenvalue weighted by atomic mass is 32.2. The quantitative estimate of drug-likeness (QED) is 0.919. The van der Waals surface area contributed by atoms with Crippen molar-refractivity contribution in [1.29, 1.82) is 0 Å². The van der Waals surface area contributed by atoms with Crippen LogP contribution in [-0.2, 0) is 9.84 Å². The van der Waals surface area contributed by atoms with Crippen LogP contribution in [0.5, 0.6) is 0 Å². The van der Waals surface area contributed by atoms with Gasteiger partial charge in [-0.1, -0.05) is 13.0 Å². The van der Waals surface area contributed by atoms with E-state index in [4.69, 9.17) is 5.73 Å². The summed E-state index contributed by atoms with van der Waals surface area (Å²) in [6.45, 7) is 3.19. The van der Waals surface area contributed by atoms with Crippen molar-refractivity contribution in [1.82, 2.24) is 0 Å². The standard InChI is InChI=1S/C16H22N2O3S/c1-2-22(20,21)13-5-3-4-12(15(17)19)14(13)18-10-8-16(6-7-16)9-11-18/h3-5H,2,6-11H2,1H3,(H2,17,19). The van der Waals surface area contributed by atoms with Gasteiger partial charge in [0.2, 0.25) is 0 Å².